The molecule has 1 rings (SSSR count). The summed E-state index contributed by atoms with van der Waals surface area (Å²) in [5.74, 6) is 0.652. The highest BCUT2D eigenvalue weighted by atomic mass is 79.9. The number of hydrogen-bond donors (Lipinski definition) is 1. The van der Waals surface area contributed by atoms with Gasteiger partial charge in [0.15, 0.2) is 0 Å². The third kappa shape index (κ3) is 5.84. The van der Waals surface area contributed by atoms with Gasteiger partial charge in [-0.1, -0.05) is 54.6 Å². The molecule has 1 atom stereocenters. The van der Waals surface area contributed by atoms with E-state index in [1.54, 1.807) is 0 Å². The predicted molar refractivity (Wildman–Crippen MR) is 83.6 cm³/mol. The van der Waals surface area contributed by atoms with E-state index in [-0.39, 0.29) is 0 Å². The molecular weight excluding hydrogens is 290 g/mol. The van der Waals surface area contributed by atoms with Crippen LogP contribution in [0.3, 0.4) is 0 Å². The van der Waals surface area contributed by atoms with Crippen molar-refractivity contribution in [2.75, 3.05) is 13.1 Å². The molecule has 0 heterocycles. The highest BCUT2D eigenvalue weighted by Crippen LogP contribution is 2.27. The van der Waals surface area contributed by atoms with Crippen molar-refractivity contribution in [2.24, 2.45) is 0 Å². The number of benzene rings is 1. The zero-order valence-corrected chi connectivity index (χ0v) is 14.0. The first-order valence-electron chi connectivity index (χ1n) is 6.38. The van der Waals surface area contributed by atoms with Crippen molar-refractivity contribution in [1.29, 1.82) is 0 Å². The topological polar surface area (TPSA) is 12.0 Å². The van der Waals surface area contributed by atoms with Crippen LogP contribution >= 0.6 is 15.9 Å². The fourth-order valence-electron chi connectivity index (χ4n) is 2.13. The molecule has 1 aromatic carbocycles. The highest BCUT2D eigenvalue weighted by molar-refractivity contribution is 9.10. The minimum Gasteiger partial charge on any atom is -0.316 e. The molecule has 0 saturated heterocycles. The Labute approximate surface area is 115 Å². The molecule has 1 aromatic rings. The third-order valence-electron chi connectivity index (χ3n) is 2.82. The molecule has 0 aromatic heterocycles. The van der Waals surface area contributed by atoms with Gasteiger partial charge in [-0.25, -0.2) is 0 Å². The van der Waals surface area contributed by atoms with E-state index in [0.29, 0.717) is 5.92 Å². The van der Waals surface area contributed by atoms with Gasteiger partial charge in [0.2, 0.25) is 0 Å². The van der Waals surface area contributed by atoms with Gasteiger partial charge in [-0.3, -0.25) is 0 Å². The summed E-state index contributed by atoms with van der Waals surface area (Å²) in [6.45, 7) is 11.7. The van der Waals surface area contributed by atoms with Crippen LogP contribution in [0.2, 0.25) is 25.7 Å². The molecule has 1 nitrogen and oxygen atoms in total. The first-order valence-corrected chi connectivity index (χ1v) is 10.9. The number of rotatable bonds is 6. The molecule has 1 N–H and O–H groups in total. The first kappa shape index (κ1) is 14.9. The Balaban J connectivity index is 2.81. The second-order valence-electron chi connectivity index (χ2n) is 5.82. The van der Waals surface area contributed by atoms with Crippen molar-refractivity contribution in [1.82, 2.24) is 5.32 Å². The van der Waals surface area contributed by atoms with Gasteiger partial charge in [-0.2, -0.15) is 0 Å². The van der Waals surface area contributed by atoms with E-state index in [2.05, 4.69) is 72.1 Å². The van der Waals surface area contributed by atoms with Crippen molar-refractivity contribution in [3.05, 3.63) is 34.3 Å². The van der Waals surface area contributed by atoms with Crippen molar-refractivity contribution in [3.63, 3.8) is 0 Å². The maximum absolute atomic E-state index is 3.57. The lowest BCUT2D eigenvalue weighted by molar-refractivity contribution is 0.629. The molecule has 0 aliphatic carbocycles. The fourth-order valence-corrected chi connectivity index (χ4v) is 4.40. The van der Waals surface area contributed by atoms with E-state index in [0.717, 1.165) is 13.1 Å². The molecule has 96 valence electrons. The van der Waals surface area contributed by atoms with Crippen LogP contribution in [0.5, 0.6) is 0 Å². The lowest BCUT2D eigenvalue weighted by Gasteiger charge is -2.25. The van der Waals surface area contributed by atoms with E-state index < -0.39 is 8.07 Å². The molecule has 0 bridgehead atoms. The van der Waals surface area contributed by atoms with E-state index in [1.165, 1.54) is 16.1 Å². The lowest BCUT2D eigenvalue weighted by Crippen LogP contribution is -2.29. The van der Waals surface area contributed by atoms with Crippen LogP contribution < -0.4 is 5.32 Å². The average Bonchev–Trinajstić information content (AvgIpc) is 2.22. The summed E-state index contributed by atoms with van der Waals surface area (Å²) in [6, 6.07) is 10.1. The van der Waals surface area contributed by atoms with Crippen LogP contribution in [0.4, 0.5) is 0 Å². The zero-order valence-electron chi connectivity index (χ0n) is 11.4. The molecule has 1 unspecified atom stereocenters. The summed E-state index contributed by atoms with van der Waals surface area (Å²) >= 11 is 3.57. The number of nitrogens with one attached hydrogen (secondary N) is 1. The molecule has 17 heavy (non-hydrogen) atoms. The van der Waals surface area contributed by atoms with Crippen LogP contribution in [0.25, 0.3) is 0 Å². The maximum Gasteiger partial charge on any atom is 0.0449 e. The summed E-state index contributed by atoms with van der Waals surface area (Å²) in [6.07, 6.45) is 0. The summed E-state index contributed by atoms with van der Waals surface area (Å²) in [5, 5.41) is 3.50. The minimum atomic E-state index is -1.03. The Hall–Kier alpha value is -0.123. The Morgan fingerprint density at radius 1 is 1.29 bits per heavy atom. The van der Waals surface area contributed by atoms with Gasteiger partial charge in [0, 0.05) is 19.1 Å². The number of halogens is 1. The van der Waals surface area contributed by atoms with Crippen LogP contribution in [0.1, 0.15) is 18.4 Å². The van der Waals surface area contributed by atoms with Gasteiger partial charge >= 0.3 is 0 Å². The predicted octanol–water partition coefficient (Wildman–Crippen LogP) is 4.48. The maximum atomic E-state index is 3.57. The standard InChI is InChI=1S/C14H24BrNSi/c1-5-16-10-13(11-17(2,3)4)12-7-6-8-14(15)9-12/h6-9,13,16H,5,10-11H2,1-4H3. The van der Waals surface area contributed by atoms with E-state index in [1.807, 2.05) is 0 Å². The van der Waals surface area contributed by atoms with E-state index in [4.69, 9.17) is 0 Å². The van der Waals surface area contributed by atoms with Crippen LogP contribution in [-0.4, -0.2) is 21.2 Å². The summed E-state index contributed by atoms with van der Waals surface area (Å²) in [7, 11) is -1.03. The Morgan fingerprint density at radius 3 is 2.53 bits per heavy atom. The Kier molecular flexibility index (Phi) is 5.90. The van der Waals surface area contributed by atoms with Crippen molar-refractivity contribution < 1.29 is 0 Å². The second kappa shape index (κ2) is 6.71. The van der Waals surface area contributed by atoms with Crippen molar-refractivity contribution >= 4 is 24.0 Å². The molecule has 3 heteroatoms. The SMILES string of the molecule is CCNCC(C[Si](C)(C)C)c1cccc(Br)c1. The highest BCUT2D eigenvalue weighted by Gasteiger charge is 2.21. The summed E-state index contributed by atoms with van der Waals surface area (Å²) < 4.78 is 1.19. The van der Waals surface area contributed by atoms with Gasteiger partial charge in [0.25, 0.3) is 0 Å². The molecule has 0 fully saturated rings. The fraction of sp³-hybridized carbons (Fsp3) is 0.571. The quantitative estimate of drug-likeness (QED) is 0.763. The third-order valence-corrected chi connectivity index (χ3v) is 5.03. The Bertz CT molecular complexity index is 346. The van der Waals surface area contributed by atoms with E-state index in [9.17, 15) is 0 Å². The number of hydrogen-bond acceptors (Lipinski definition) is 1. The first-order chi connectivity index (χ1) is 7.92. The average molecular weight is 314 g/mol. The molecule has 0 aliphatic heterocycles. The zero-order chi connectivity index (χ0) is 12.9. The van der Waals surface area contributed by atoms with Gasteiger partial charge in [0.1, 0.15) is 0 Å². The number of likely N-dealkylation sites (N-methyl/N-ethyl adjacent to an activating group) is 1. The lowest BCUT2D eigenvalue weighted by atomic mass is 10.0. The molecular formula is C14H24BrNSi. The molecule has 0 saturated carbocycles. The smallest absolute Gasteiger partial charge is 0.0449 e. The normalized spacial score (nSPS) is 13.7. The van der Waals surface area contributed by atoms with Crippen molar-refractivity contribution in [2.45, 2.75) is 38.5 Å². The second-order valence-corrected chi connectivity index (χ2v) is 12.3. The monoisotopic (exact) mass is 313 g/mol. The summed E-state index contributed by atoms with van der Waals surface area (Å²) in [4.78, 5) is 0. The van der Waals surface area contributed by atoms with Crippen molar-refractivity contribution in [3.8, 4) is 0 Å². The molecule has 0 spiro atoms. The largest absolute Gasteiger partial charge is 0.316 e. The van der Waals surface area contributed by atoms with E-state index >= 15 is 0 Å². The van der Waals surface area contributed by atoms with Gasteiger partial charge in [0.05, 0.1) is 0 Å². The summed E-state index contributed by atoms with van der Waals surface area (Å²) in [5.41, 5.74) is 1.46. The van der Waals surface area contributed by atoms with Gasteiger partial charge < -0.3 is 5.32 Å². The molecule has 0 aliphatic rings. The minimum absolute atomic E-state index is 0.652. The van der Waals surface area contributed by atoms with Crippen LogP contribution in [0.15, 0.2) is 28.7 Å². The van der Waals surface area contributed by atoms with Crippen LogP contribution in [0, 0.1) is 0 Å². The van der Waals surface area contributed by atoms with Gasteiger partial charge in [-0.05, 0) is 36.2 Å². The van der Waals surface area contributed by atoms with Crippen LogP contribution in [-0.2, 0) is 0 Å². The molecule has 0 radical (unpaired) electrons. The molecule has 0 amide bonds. The van der Waals surface area contributed by atoms with Gasteiger partial charge in [-0.15, -0.1) is 0 Å². The Morgan fingerprint density at radius 2 is 2.00 bits per heavy atom.